The summed E-state index contributed by atoms with van der Waals surface area (Å²) in [5.41, 5.74) is 0.338. The normalized spacial score (nSPS) is 21.0. The van der Waals surface area contributed by atoms with Gasteiger partial charge in [0.25, 0.3) is 5.24 Å². The van der Waals surface area contributed by atoms with Gasteiger partial charge >= 0.3 is 0 Å². The minimum Gasteiger partial charge on any atom is -0.341 e. The molecule has 1 aromatic carbocycles. The summed E-state index contributed by atoms with van der Waals surface area (Å²) in [7, 11) is 0. The molecule has 2 heterocycles. The average molecular weight is 371 g/mol. The fourth-order valence-corrected chi connectivity index (χ4v) is 4.09. The number of hydrogen-bond donors (Lipinski definition) is 0. The van der Waals surface area contributed by atoms with Crippen LogP contribution in [0.2, 0.25) is 5.02 Å². The lowest BCUT2D eigenvalue weighted by molar-refractivity contribution is -0.131. The molecule has 0 aliphatic carbocycles. The van der Waals surface area contributed by atoms with Crippen LogP contribution in [-0.4, -0.2) is 51.7 Å². The molecule has 0 saturated carbocycles. The number of halogens is 2. The number of likely N-dealkylation sites (tertiary alicyclic amines) is 1. The first kappa shape index (κ1) is 17.2. The molecule has 24 heavy (non-hydrogen) atoms. The van der Waals surface area contributed by atoms with Crippen LogP contribution in [0.15, 0.2) is 18.2 Å². The van der Waals surface area contributed by atoms with E-state index < -0.39 is 5.82 Å². The molecule has 5 nitrogen and oxygen atoms in total. The third-order valence-electron chi connectivity index (χ3n) is 4.32. The summed E-state index contributed by atoms with van der Waals surface area (Å²) >= 11 is 6.96. The zero-order valence-electron chi connectivity index (χ0n) is 12.8. The van der Waals surface area contributed by atoms with Gasteiger partial charge in [-0.25, -0.2) is 4.39 Å². The zero-order valence-corrected chi connectivity index (χ0v) is 14.4. The van der Waals surface area contributed by atoms with Gasteiger partial charge in [-0.3, -0.25) is 19.3 Å². The van der Waals surface area contributed by atoms with Crippen LogP contribution in [-0.2, 0) is 16.0 Å². The highest BCUT2D eigenvalue weighted by Crippen LogP contribution is 2.27. The van der Waals surface area contributed by atoms with E-state index in [1.54, 1.807) is 11.0 Å². The van der Waals surface area contributed by atoms with Gasteiger partial charge in [-0.1, -0.05) is 29.4 Å². The predicted molar refractivity (Wildman–Crippen MR) is 89.4 cm³/mol. The van der Waals surface area contributed by atoms with E-state index in [1.807, 2.05) is 0 Å². The molecule has 3 amide bonds. The first-order valence-corrected chi connectivity index (χ1v) is 9.03. The molecule has 1 atom stereocenters. The molecule has 0 spiro atoms. The molecule has 2 fully saturated rings. The van der Waals surface area contributed by atoms with E-state index in [0.717, 1.165) is 11.8 Å². The van der Waals surface area contributed by atoms with Crippen molar-refractivity contribution in [3.05, 3.63) is 34.6 Å². The summed E-state index contributed by atoms with van der Waals surface area (Å²) in [6, 6.07) is 4.19. The molecular weight excluding hydrogens is 355 g/mol. The van der Waals surface area contributed by atoms with Gasteiger partial charge in [0.15, 0.2) is 0 Å². The van der Waals surface area contributed by atoms with Gasteiger partial charge in [-0.05, 0) is 25.0 Å². The van der Waals surface area contributed by atoms with Crippen molar-refractivity contribution in [2.24, 2.45) is 0 Å². The second-order valence-electron chi connectivity index (χ2n) is 5.80. The van der Waals surface area contributed by atoms with E-state index in [2.05, 4.69) is 0 Å². The van der Waals surface area contributed by atoms with Crippen molar-refractivity contribution < 1.29 is 18.8 Å². The van der Waals surface area contributed by atoms with Crippen LogP contribution < -0.4 is 0 Å². The molecule has 3 rings (SSSR count). The second kappa shape index (κ2) is 7.11. The highest BCUT2D eigenvalue weighted by atomic mass is 35.5. The van der Waals surface area contributed by atoms with Gasteiger partial charge in [0.1, 0.15) is 5.82 Å². The topological polar surface area (TPSA) is 57.7 Å². The lowest BCUT2D eigenvalue weighted by Crippen LogP contribution is -2.41. The molecule has 0 radical (unpaired) electrons. The molecule has 0 N–H and O–H groups in total. The molecule has 0 bridgehead atoms. The number of rotatable bonds is 4. The lowest BCUT2D eigenvalue weighted by Gasteiger charge is -2.22. The summed E-state index contributed by atoms with van der Waals surface area (Å²) in [6.45, 7) is 0.845. The number of carbonyl (C=O) groups excluding carboxylic acids is 3. The zero-order chi connectivity index (χ0) is 17.3. The van der Waals surface area contributed by atoms with Gasteiger partial charge in [0.2, 0.25) is 11.8 Å². The van der Waals surface area contributed by atoms with Gasteiger partial charge in [0.05, 0.1) is 11.8 Å². The molecule has 2 saturated heterocycles. The molecule has 2 aliphatic heterocycles. The minimum absolute atomic E-state index is 0.122. The van der Waals surface area contributed by atoms with E-state index in [4.69, 9.17) is 11.6 Å². The largest absolute Gasteiger partial charge is 0.341 e. The van der Waals surface area contributed by atoms with Gasteiger partial charge in [0, 0.05) is 30.1 Å². The van der Waals surface area contributed by atoms with Gasteiger partial charge in [-0.15, -0.1) is 0 Å². The maximum Gasteiger partial charge on any atom is 0.289 e. The first-order chi connectivity index (χ1) is 11.5. The Labute approximate surface area is 148 Å². The van der Waals surface area contributed by atoms with Crippen LogP contribution in [0.4, 0.5) is 9.18 Å². The van der Waals surface area contributed by atoms with Crippen molar-refractivity contribution >= 4 is 40.4 Å². The van der Waals surface area contributed by atoms with Crippen LogP contribution in [0, 0.1) is 5.82 Å². The van der Waals surface area contributed by atoms with Crippen molar-refractivity contribution in [3.8, 4) is 0 Å². The molecule has 2 aliphatic rings. The van der Waals surface area contributed by atoms with E-state index in [9.17, 15) is 18.8 Å². The molecule has 1 unspecified atom stereocenters. The Morgan fingerprint density at radius 3 is 2.83 bits per heavy atom. The summed E-state index contributed by atoms with van der Waals surface area (Å²) in [4.78, 5) is 38.7. The number of nitrogens with zero attached hydrogens (tertiary/aromatic N) is 2. The fourth-order valence-electron chi connectivity index (χ4n) is 3.06. The smallest absolute Gasteiger partial charge is 0.289 e. The molecule has 8 heteroatoms. The summed E-state index contributed by atoms with van der Waals surface area (Å²) < 4.78 is 13.7. The number of hydrogen-bond acceptors (Lipinski definition) is 4. The fraction of sp³-hybridized carbons (Fsp3) is 0.438. The standard InChI is InChI=1S/C16H16ClFN2O3S/c17-12-2-1-3-13(18)11(12)4-5-14(21)19-7-6-10(8-19)20-15(22)9-24-16(20)23/h1-3,10H,4-9H2. The first-order valence-electron chi connectivity index (χ1n) is 7.67. The predicted octanol–water partition coefficient (Wildman–Crippen LogP) is 2.71. The third kappa shape index (κ3) is 3.42. The maximum absolute atomic E-state index is 13.7. The highest BCUT2D eigenvalue weighted by molar-refractivity contribution is 8.14. The van der Waals surface area contributed by atoms with Crippen LogP contribution in [0.3, 0.4) is 0 Å². The Morgan fingerprint density at radius 1 is 1.38 bits per heavy atom. The van der Waals surface area contributed by atoms with E-state index in [0.29, 0.717) is 30.1 Å². The van der Waals surface area contributed by atoms with Crippen LogP contribution >= 0.6 is 23.4 Å². The number of carbonyl (C=O) groups is 3. The SMILES string of the molecule is O=C(CCc1c(F)cccc1Cl)N1CCC(N2C(=O)CSC2=O)C1. The minimum atomic E-state index is -0.417. The van der Waals surface area contributed by atoms with Crippen LogP contribution in [0.1, 0.15) is 18.4 Å². The Balaban J connectivity index is 1.57. The monoisotopic (exact) mass is 370 g/mol. The molecule has 1 aromatic rings. The average Bonchev–Trinajstić information content (AvgIpc) is 3.13. The Bertz CT molecular complexity index is 664. The lowest BCUT2D eigenvalue weighted by atomic mass is 10.1. The van der Waals surface area contributed by atoms with Crippen molar-refractivity contribution in [3.63, 3.8) is 0 Å². The molecular formula is C16H16ClFN2O3S. The summed E-state index contributed by atoms with van der Waals surface area (Å²) in [5, 5.41) is 0.0739. The number of amides is 3. The van der Waals surface area contributed by atoms with Gasteiger partial charge in [-0.2, -0.15) is 0 Å². The molecule has 128 valence electrons. The Hall–Kier alpha value is -1.60. The number of thioether (sulfide) groups is 1. The van der Waals surface area contributed by atoms with Crippen LogP contribution in [0.25, 0.3) is 0 Å². The Morgan fingerprint density at radius 2 is 2.17 bits per heavy atom. The van der Waals surface area contributed by atoms with Crippen molar-refractivity contribution in [1.29, 1.82) is 0 Å². The van der Waals surface area contributed by atoms with Crippen molar-refractivity contribution in [2.75, 3.05) is 18.8 Å². The van der Waals surface area contributed by atoms with Gasteiger partial charge < -0.3 is 4.90 Å². The highest BCUT2D eigenvalue weighted by Gasteiger charge is 2.40. The van der Waals surface area contributed by atoms with E-state index in [-0.39, 0.29) is 41.7 Å². The summed E-state index contributed by atoms with van der Waals surface area (Å²) in [6.07, 6.45) is 0.956. The van der Waals surface area contributed by atoms with Crippen molar-refractivity contribution in [2.45, 2.75) is 25.3 Å². The number of imide groups is 1. The van der Waals surface area contributed by atoms with Crippen molar-refractivity contribution in [1.82, 2.24) is 9.80 Å². The second-order valence-corrected chi connectivity index (χ2v) is 7.13. The number of benzene rings is 1. The molecule has 0 aromatic heterocycles. The quantitative estimate of drug-likeness (QED) is 0.817. The Kier molecular flexibility index (Phi) is 5.10. The summed E-state index contributed by atoms with van der Waals surface area (Å²) in [5.74, 6) is -0.555. The maximum atomic E-state index is 13.7. The third-order valence-corrected chi connectivity index (χ3v) is 5.51. The van der Waals surface area contributed by atoms with Crippen LogP contribution in [0.5, 0.6) is 0 Å². The van der Waals surface area contributed by atoms with E-state index in [1.165, 1.54) is 17.0 Å². The van der Waals surface area contributed by atoms with E-state index >= 15 is 0 Å².